The molecule has 0 aliphatic carbocycles. The molecule has 0 aliphatic rings. The molecule has 0 bridgehead atoms. The molecule has 0 spiro atoms. The van der Waals surface area contributed by atoms with Gasteiger partial charge < -0.3 is 4.90 Å². The first-order valence-electron chi connectivity index (χ1n) is 6.34. The molecule has 0 saturated heterocycles. The van der Waals surface area contributed by atoms with Crippen molar-refractivity contribution < 1.29 is 8.42 Å². The molecular weight excluding hydrogens is 260 g/mol. The van der Waals surface area contributed by atoms with Gasteiger partial charge >= 0.3 is 0 Å². The summed E-state index contributed by atoms with van der Waals surface area (Å²) in [6, 6.07) is 8.41. The third-order valence-electron chi connectivity index (χ3n) is 3.40. The standard InChI is InChI=1S/C14H20N2O2S/c1-4-12(2)16(3)9-10-19(17,18)14-7-5-13(11-15)6-8-14/h5-8,12H,4,9-10H2,1-3H3. The van der Waals surface area contributed by atoms with Crippen LogP contribution in [0.4, 0.5) is 0 Å². The van der Waals surface area contributed by atoms with Crippen LogP contribution >= 0.6 is 0 Å². The number of nitriles is 1. The van der Waals surface area contributed by atoms with Gasteiger partial charge in [-0.15, -0.1) is 0 Å². The highest BCUT2D eigenvalue weighted by atomic mass is 32.2. The van der Waals surface area contributed by atoms with Crippen LogP contribution in [0.5, 0.6) is 0 Å². The summed E-state index contributed by atoms with van der Waals surface area (Å²) in [5, 5.41) is 8.69. The number of sulfone groups is 1. The first-order chi connectivity index (χ1) is 8.90. The van der Waals surface area contributed by atoms with Gasteiger partial charge in [-0.05, 0) is 44.7 Å². The van der Waals surface area contributed by atoms with Crippen molar-refractivity contribution >= 4 is 9.84 Å². The molecule has 0 amide bonds. The Kier molecular flexibility index (Phi) is 5.52. The first kappa shape index (κ1) is 15.7. The number of nitrogens with zero attached hydrogens (tertiary/aromatic N) is 2. The van der Waals surface area contributed by atoms with E-state index in [2.05, 4.69) is 13.8 Å². The zero-order valence-electron chi connectivity index (χ0n) is 11.6. The Hall–Kier alpha value is -1.38. The average Bonchev–Trinajstić information content (AvgIpc) is 2.44. The van der Waals surface area contributed by atoms with Gasteiger partial charge in [0.2, 0.25) is 0 Å². The fourth-order valence-corrected chi connectivity index (χ4v) is 2.97. The number of hydrogen-bond donors (Lipinski definition) is 0. The summed E-state index contributed by atoms with van der Waals surface area (Å²) in [4.78, 5) is 2.32. The Morgan fingerprint density at radius 3 is 2.37 bits per heavy atom. The lowest BCUT2D eigenvalue weighted by atomic mass is 10.2. The van der Waals surface area contributed by atoms with Crippen LogP contribution < -0.4 is 0 Å². The fourth-order valence-electron chi connectivity index (χ4n) is 1.65. The van der Waals surface area contributed by atoms with E-state index in [0.29, 0.717) is 18.2 Å². The summed E-state index contributed by atoms with van der Waals surface area (Å²) in [6.45, 7) is 4.67. The van der Waals surface area contributed by atoms with Crippen LogP contribution in [0, 0.1) is 11.3 Å². The van der Waals surface area contributed by atoms with Gasteiger partial charge in [-0.3, -0.25) is 0 Å². The molecule has 0 radical (unpaired) electrons. The molecule has 0 heterocycles. The van der Waals surface area contributed by atoms with Crippen LogP contribution in [-0.4, -0.2) is 38.7 Å². The van der Waals surface area contributed by atoms with E-state index >= 15 is 0 Å². The molecular formula is C14H20N2O2S. The van der Waals surface area contributed by atoms with Gasteiger partial charge in [0.1, 0.15) is 0 Å². The average molecular weight is 280 g/mol. The topological polar surface area (TPSA) is 61.2 Å². The van der Waals surface area contributed by atoms with E-state index < -0.39 is 9.84 Å². The molecule has 1 rings (SSSR count). The van der Waals surface area contributed by atoms with Crippen LogP contribution in [0.25, 0.3) is 0 Å². The molecule has 0 saturated carbocycles. The largest absolute Gasteiger partial charge is 0.303 e. The van der Waals surface area contributed by atoms with Crippen LogP contribution in [0.2, 0.25) is 0 Å². The maximum Gasteiger partial charge on any atom is 0.179 e. The van der Waals surface area contributed by atoms with Gasteiger partial charge in [-0.25, -0.2) is 8.42 Å². The second kappa shape index (κ2) is 6.69. The van der Waals surface area contributed by atoms with E-state index in [1.165, 1.54) is 24.3 Å². The monoisotopic (exact) mass is 280 g/mol. The molecule has 0 fully saturated rings. The van der Waals surface area contributed by atoms with Crippen LogP contribution in [-0.2, 0) is 9.84 Å². The lowest BCUT2D eigenvalue weighted by molar-refractivity contribution is 0.266. The van der Waals surface area contributed by atoms with Crippen LogP contribution in [0.3, 0.4) is 0 Å². The highest BCUT2D eigenvalue weighted by Crippen LogP contribution is 2.13. The predicted molar refractivity (Wildman–Crippen MR) is 75.6 cm³/mol. The fraction of sp³-hybridized carbons (Fsp3) is 0.500. The normalized spacial score (nSPS) is 13.2. The number of benzene rings is 1. The molecule has 0 N–H and O–H groups in total. The van der Waals surface area contributed by atoms with Gasteiger partial charge in [-0.2, -0.15) is 5.26 Å². The highest BCUT2D eigenvalue weighted by Gasteiger charge is 2.16. The van der Waals surface area contributed by atoms with Crippen molar-refractivity contribution in [1.29, 1.82) is 5.26 Å². The maximum atomic E-state index is 12.1. The minimum Gasteiger partial charge on any atom is -0.303 e. The summed E-state index contributed by atoms with van der Waals surface area (Å²) < 4.78 is 24.3. The molecule has 5 heteroatoms. The molecule has 0 aliphatic heterocycles. The molecule has 1 aromatic rings. The number of hydrogen-bond acceptors (Lipinski definition) is 4. The molecule has 104 valence electrons. The molecule has 1 unspecified atom stereocenters. The van der Waals surface area contributed by atoms with Gasteiger partial charge in [0.25, 0.3) is 0 Å². The SMILES string of the molecule is CCC(C)N(C)CCS(=O)(=O)c1ccc(C#N)cc1. The first-order valence-corrected chi connectivity index (χ1v) is 7.99. The molecule has 19 heavy (non-hydrogen) atoms. The van der Waals surface area contributed by atoms with Gasteiger partial charge in [-0.1, -0.05) is 6.92 Å². The summed E-state index contributed by atoms with van der Waals surface area (Å²) in [5.74, 6) is 0.0970. The molecule has 0 aromatic heterocycles. The van der Waals surface area contributed by atoms with Crippen molar-refractivity contribution in [2.45, 2.75) is 31.2 Å². The number of rotatable bonds is 6. The second-order valence-corrected chi connectivity index (χ2v) is 6.80. The van der Waals surface area contributed by atoms with Crippen molar-refractivity contribution in [2.75, 3.05) is 19.3 Å². The highest BCUT2D eigenvalue weighted by molar-refractivity contribution is 7.91. The molecule has 4 nitrogen and oxygen atoms in total. The maximum absolute atomic E-state index is 12.1. The van der Waals surface area contributed by atoms with E-state index in [0.717, 1.165) is 6.42 Å². The van der Waals surface area contributed by atoms with Crippen molar-refractivity contribution in [3.05, 3.63) is 29.8 Å². The summed E-state index contributed by atoms with van der Waals surface area (Å²) >= 11 is 0. The minimum absolute atomic E-state index is 0.0970. The lowest BCUT2D eigenvalue weighted by Crippen LogP contribution is -2.32. The summed E-state index contributed by atoms with van der Waals surface area (Å²) in [7, 11) is -1.34. The quantitative estimate of drug-likeness (QED) is 0.800. The Bertz CT molecular complexity index is 544. The van der Waals surface area contributed by atoms with Gasteiger partial charge in [0.05, 0.1) is 22.3 Å². The van der Waals surface area contributed by atoms with Crippen LogP contribution in [0.15, 0.2) is 29.2 Å². The van der Waals surface area contributed by atoms with Crippen molar-refractivity contribution in [3.8, 4) is 6.07 Å². The molecule has 1 aromatic carbocycles. The predicted octanol–water partition coefficient (Wildman–Crippen LogP) is 2.06. The molecule has 1 atom stereocenters. The zero-order valence-corrected chi connectivity index (χ0v) is 12.4. The van der Waals surface area contributed by atoms with Crippen molar-refractivity contribution in [3.63, 3.8) is 0 Å². The third kappa shape index (κ3) is 4.34. The summed E-state index contributed by atoms with van der Waals surface area (Å²) in [6.07, 6.45) is 0.993. The van der Waals surface area contributed by atoms with E-state index in [9.17, 15) is 8.42 Å². The van der Waals surface area contributed by atoms with Crippen molar-refractivity contribution in [2.24, 2.45) is 0 Å². The Balaban J connectivity index is 2.73. The zero-order chi connectivity index (χ0) is 14.5. The van der Waals surface area contributed by atoms with E-state index in [4.69, 9.17) is 5.26 Å². The second-order valence-electron chi connectivity index (χ2n) is 4.69. The van der Waals surface area contributed by atoms with Gasteiger partial charge in [0.15, 0.2) is 9.84 Å². The Morgan fingerprint density at radius 2 is 1.89 bits per heavy atom. The van der Waals surface area contributed by atoms with Gasteiger partial charge in [0, 0.05) is 12.6 Å². The van der Waals surface area contributed by atoms with Crippen LogP contribution in [0.1, 0.15) is 25.8 Å². The lowest BCUT2D eigenvalue weighted by Gasteiger charge is -2.23. The van der Waals surface area contributed by atoms with E-state index in [1.807, 2.05) is 18.0 Å². The Morgan fingerprint density at radius 1 is 1.32 bits per heavy atom. The smallest absolute Gasteiger partial charge is 0.179 e. The van der Waals surface area contributed by atoms with Crippen molar-refractivity contribution in [1.82, 2.24) is 4.90 Å². The third-order valence-corrected chi connectivity index (χ3v) is 5.11. The van der Waals surface area contributed by atoms with E-state index in [-0.39, 0.29) is 10.6 Å². The minimum atomic E-state index is -3.27. The van der Waals surface area contributed by atoms with E-state index in [1.54, 1.807) is 0 Å². The Labute approximate surface area is 115 Å². The summed E-state index contributed by atoms with van der Waals surface area (Å²) in [5.41, 5.74) is 0.468.